The van der Waals surface area contributed by atoms with Crippen molar-refractivity contribution in [1.82, 2.24) is 21.3 Å². The van der Waals surface area contributed by atoms with E-state index in [2.05, 4.69) is 21.3 Å². The van der Waals surface area contributed by atoms with Crippen molar-refractivity contribution in [1.29, 1.82) is 0 Å². The maximum absolute atomic E-state index is 11.8. The van der Waals surface area contributed by atoms with E-state index in [1.165, 1.54) is 0 Å². The zero-order chi connectivity index (χ0) is 17.2. The van der Waals surface area contributed by atoms with Crippen LogP contribution < -0.4 is 26.0 Å². The molecule has 2 saturated heterocycles. The van der Waals surface area contributed by atoms with Gasteiger partial charge in [0.25, 0.3) is 0 Å². The summed E-state index contributed by atoms with van der Waals surface area (Å²) >= 11 is 0. The van der Waals surface area contributed by atoms with Gasteiger partial charge in [0.1, 0.15) is 11.5 Å². The predicted octanol–water partition coefficient (Wildman–Crippen LogP) is -0.0732. The summed E-state index contributed by atoms with van der Waals surface area (Å²) in [6, 6.07) is 6.42. The lowest BCUT2D eigenvalue weighted by Gasteiger charge is -2.45. The van der Waals surface area contributed by atoms with E-state index in [0.29, 0.717) is 19.5 Å². The molecule has 0 aliphatic carbocycles. The monoisotopic (exact) mass is 334 g/mol. The normalized spacial score (nSPS) is 29.8. The first-order valence-corrected chi connectivity index (χ1v) is 7.96. The van der Waals surface area contributed by atoms with Crippen molar-refractivity contribution in [2.75, 3.05) is 20.2 Å². The lowest BCUT2D eigenvalue weighted by Crippen LogP contribution is -2.70. The molecular weight excluding hydrogens is 312 g/mol. The number of methoxy groups -OCH3 is 1. The number of hydrogen-bond donors (Lipinski definition) is 5. The Morgan fingerprint density at radius 2 is 1.96 bits per heavy atom. The third-order valence-electron chi connectivity index (χ3n) is 4.60. The molecule has 24 heavy (non-hydrogen) atoms. The summed E-state index contributed by atoms with van der Waals surface area (Å²) in [7, 11) is 1.59. The van der Waals surface area contributed by atoms with E-state index in [-0.39, 0.29) is 24.4 Å². The Hall–Kier alpha value is -2.48. The van der Waals surface area contributed by atoms with Crippen LogP contribution in [-0.2, 0) is 6.42 Å². The third-order valence-corrected chi connectivity index (χ3v) is 4.60. The molecule has 130 valence electrons. The number of nitrogens with one attached hydrogen (secondary N) is 4. The van der Waals surface area contributed by atoms with Crippen molar-refractivity contribution >= 4 is 12.1 Å². The van der Waals surface area contributed by atoms with E-state index in [0.717, 1.165) is 11.3 Å². The molecule has 0 aromatic heterocycles. The molecule has 3 rings (SSSR count). The van der Waals surface area contributed by atoms with E-state index >= 15 is 0 Å². The number of carbonyl (C=O) groups is 2. The molecule has 3 atom stereocenters. The number of hydrogen-bond acceptors (Lipinski definition) is 4. The quantitative estimate of drug-likeness (QED) is 0.530. The summed E-state index contributed by atoms with van der Waals surface area (Å²) in [5.74, 6) is 0.380. The van der Waals surface area contributed by atoms with Gasteiger partial charge in [0.2, 0.25) is 0 Å². The molecule has 8 nitrogen and oxygen atoms in total. The molecule has 2 aliphatic heterocycles. The van der Waals surface area contributed by atoms with Crippen molar-refractivity contribution in [2.24, 2.45) is 5.92 Å². The number of ether oxygens (including phenoxy) is 1. The highest BCUT2D eigenvalue weighted by Gasteiger charge is 2.46. The van der Waals surface area contributed by atoms with Crippen LogP contribution in [0.15, 0.2) is 24.3 Å². The number of amides is 4. The molecule has 3 unspecified atom stereocenters. The second kappa shape index (κ2) is 6.56. The van der Waals surface area contributed by atoms with E-state index in [9.17, 15) is 14.7 Å². The molecule has 1 aromatic carbocycles. The van der Waals surface area contributed by atoms with Crippen LogP contribution >= 0.6 is 0 Å². The number of carbonyl (C=O) groups excluding carboxylic acids is 2. The maximum atomic E-state index is 11.8. The summed E-state index contributed by atoms with van der Waals surface area (Å²) in [5.41, 5.74) is -0.572. The SMILES string of the molecule is COc1ccc(CC2(O)NC(=O)NCC2C2CCNC(=O)N2)cc1. The molecule has 2 fully saturated rings. The highest BCUT2D eigenvalue weighted by molar-refractivity contribution is 5.77. The molecule has 4 amide bonds. The second-order valence-corrected chi connectivity index (χ2v) is 6.19. The van der Waals surface area contributed by atoms with Crippen molar-refractivity contribution in [2.45, 2.75) is 24.6 Å². The van der Waals surface area contributed by atoms with E-state index in [1.807, 2.05) is 24.3 Å². The van der Waals surface area contributed by atoms with Gasteiger partial charge in [-0.3, -0.25) is 0 Å². The molecule has 0 bridgehead atoms. The van der Waals surface area contributed by atoms with Crippen molar-refractivity contribution in [3.8, 4) is 5.75 Å². The summed E-state index contributed by atoms with van der Waals surface area (Å²) in [4.78, 5) is 23.4. The van der Waals surface area contributed by atoms with Gasteiger partial charge in [-0.15, -0.1) is 0 Å². The summed E-state index contributed by atoms with van der Waals surface area (Å²) in [6.45, 7) is 0.836. The minimum atomic E-state index is -1.44. The van der Waals surface area contributed by atoms with Gasteiger partial charge in [-0.1, -0.05) is 12.1 Å². The molecule has 5 N–H and O–H groups in total. The summed E-state index contributed by atoms with van der Waals surface area (Å²) in [6.07, 6.45) is 0.924. The first kappa shape index (κ1) is 16.4. The number of aliphatic hydroxyl groups is 1. The van der Waals surface area contributed by atoms with Gasteiger partial charge in [-0.2, -0.15) is 0 Å². The first-order valence-electron chi connectivity index (χ1n) is 7.96. The molecule has 0 saturated carbocycles. The van der Waals surface area contributed by atoms with Crippen molar-refractivity contribution in [3.63, 3.8) is 0 Å². The molecule has 2 heterocycles. The Bertz CT molecular complexity index is 621. The topological polar surface area (TPSA) is 112 Å². The molecular formula is C16H22N4O4. The molecule has 1 aromatic rings. The Morgan fingerprint density at radius 3 is 2.62 bits per heavy atom. The van der Waals surface area contributed by atoms with E-state index < -0.39 is 11.8 Å². The van der Waals surface area contributed by atoms with Crippen LogP contribution in [0.25, 0.3) is 0 Å². The minimum Gasteiger partial charge on any atom is -0.497 e. The molecule has 0 spiro atoms. The fourth-order valence-corrected chi connectivity index (χ4v) is 3.34. The van der Waals surface area contributed by atoms with Gasteiger partial charge < -0.3 is 31.1 Å². The van der Waals surface area contributed by atoms with Gasteiger partial charge in [0.15, 0.2) is 0 Å². The lowest BCUT2D eigenvalue weighted by molar-refractivity contribution is -0.0611. The zero-order valence-electron chi connectivity index (χ0n) is 13.5. The van der Waals surface area contributed by atoms with Crippen LogP contribution in [0.3, 0.4) is 0 Å². The Balaban J connectivity index is 1.80. The van der Waals surface area contributed by atoms with Crippen molar-refractivity contribution < 1.29 is 19.4 Å². The van der Waals surface area contributed by atoms with Gasteiger partial charge in [-0.05, 0) is 24.1 Å². The Kier molecular flexibility index (Phi) is 4.48. The lowest BCUT2D eigenvalue weighted by atomic mass is 9.81. The maximum Gasteiger partial charge on any atom is 0.317 e. The summed E-state index contributed by atoms with van der Waals surface area (Å²) < 4.78 is 5.13. The fraction of sp³-hybridized carbons (Fsp3) is 0.500. The van der Waals surface area contributed by atoms with Crippen molar-refractivity contribution in [3.05, 3.63) is 29.8 Å². The Morgan fingerprint density at radius 1 is 1.21 bits per heavy atom. The average Bonchev–Trinajstić information content (AvgIpc) is 2.55. The van der Waals surface area contributed by atoms with Gasteiger partial charge in [0.05, 0.1) is 7.11 Å². The van der Waals surface area contributed by atoms with E-state index in [4.69, 9.17) is 4.74 Å². The van der Waals surface area contributed by atoms with Crippen LogP contribution in [0.4, 0.5) is 9.59 Å². The molecule has 8 heteroatoms. The van der Waals surface area contributed by atoms with Crippen LogP contribution in [-0.4, -0.2) is 49.1 Å². The fourth-order valence-electron chi connectivity index (χ4n) is 3.34. The number of urea groups is 2. The Labute approximate surface area is 139 Å². The molecule has 0 radical (unpaired) electrons. The standard InChI is InChI=1S/C16H22N4O4/c1-24-11-4-2-10(3-5-11)8-16(23)12(9-18-15(22)20-16)13-6-7-17-14(21)19-13/h2-5,12-13,23H,6-9H2,1H3,(H2,17,19,21)(H2,18,20,22). The van der Waals surface area contributed by atoms with Crippen LogP contribution in [0.2, 0.25) is 0 Å². The van der Waals surface area contributed by atoms with Crippen LogP contribution in [0, 0.1) is 5.92 Å². The highest BCUT2D eigenvalue weighted by Crippen LogP contribution is 2.28. The zero-order valence-corrected chi connectivity index (χ0v) is 13.5. The molecule has 2 aliphatic rings. The highest BCUT2D eigenvalue weighted by atomic mass is 16.5. The third kappa shape index (κ3) is 3.38. The second-order valence-electron chi connectivity index (χ2n) is 6.19. The number of benzene rings is 1. The van der Waals surface area contributed by atoms with Crippen LogP contribution in [0.1, 0.15) is 12.0 Å². The number of rotatable bonds is 4. The minimum absolute atomic E-state index is 0.227. The average molecular weight is 334 g/mol. The summed E-state index contributed by atoms with van der Waals surface area (Å²) in [5, 5.41) is 22.0. The predicted molar refractivity (Wildman–Crippen MR) is 86.6 cm³/mol. The van der Waals surface area contributed by atoms with Gasteiger partial charge >= 0.3 is 12.1 Å². The van der Waals surface area contributed by atoms with Gasteiger partial charge in [-0.25, -0.2) is 9.59 Å². The smallest absolute Gasteiger partial charge is 0.317 e. The largest absolute Gasteiger partial charge is 0.497 e. The first-order chi connectivity index (χ1) is 11.5. The van der Waals surface area contributed by atoms with Gasteiger partial charge in [0, 0.05) is 31.5 Å². The van der Waals surface area contributed by atoms with Crippen LogP contribution in [0.5, 0.6) is 5.75 Å². The van der Waals surface area contributed by atoms with E-state index in [1.54, 1.807) is 7.11 Å².